The summed E-state index contributed by atoms with van der Waals surface area (Å²) in [5, 5.41) is 12.2. The van der Waals surface area contributed by atoms with Crippen molar-refractivity contribution >= 4 is 17.5 Å². The lowest BCUT2D eigenvalue weighted by molar-refractivity contribution is -0.125. The number of aromatic nitrogens is 4. The van der Waals surface area contributed by atoms with E-state index in [0.29, 0.717) is 11.6 Å². The standard InChI is InChI=1S/C15H20ClN5O/c1-10(8-21-9-11(16)6-18-21)15(22)19-13-4-3-5-14-12(13)7-17-20(14)2/h6-7,9-10,13H,3-5,8H2,1-2H3,(H,19,22)/t10-,13+/m0/s1. The van der Waals surface area contributed by atoms with E-state index in [-0.39, 0.29) is 17.9 Å². The second kappa shape index (κ2) is 6.12. The minimum atomic E-state index is -0.169. The van der Waals surface area contributed by atoms with Crippen LogP contribution in [0.3, 0.4) is 0 Å². The summed E-state index contributed by atoms with van der Waals surface area (Å²) in [5.74, 6) is -0.133. The van der Waals surface area contributed by atoms with Crippen molar-refractivity contribution in [2.24, 2.45) is 13.0 Å². The molecule has 0 radical (unpaired) electrons. The predicted octanol–water partition coefficient (Wildman–Crippen LogP) is 2.10. The maximum Gasteiger partial charge on any atom is 0.225 e. The summed E-state index contributed by atoms with van der Waals surface area (Å²) in [6.45, 7) is 2.42. The zero-order chi connectivity index (χ0) is 15.7. The smallest absolute Gasteiger partial charge is 0.225 e. The molecule has 0 aliphatic heterocycles. The molecule has 0 saturated heterocycles. The molecule has 6 nitrogen and oxygen atoms in total. The number of fused-ring (bicyclic) bond motifs is 1. The molecule has 1 aliphatic rings. The zero-order valence-corrected chi connectivity index (χ0v) is 13.5. The molecule has 7 heteroatoms. The molecule has 2 aromatic heterocycles. The van der Waals surface area contributed by atoms with Crippen LogP contribution in [0.2, 0.25) is 5.02 Å². The number of carbonyl (C=O) groups is 1. The van der Waals surface area contributed by atoms with E-state index in [9.17, 15) is 4.79 Å². The Morgan fingerprint density at radius 2 is 2.32 bits per heavy atom. The lowest BCUT2D eigenvalue weighted by atomic mass is 9.92. The van der Waals surface area contributed by atoms with Crippen molar-refractivity contribution in [1.29, 1.82) is 0 Å². The van der Waals surface area contributed by atoms with Crippen molar-refractivity contribution in [1.82, 2.24) is 24.9 Å². The number of rotatable bonds is 4. The van der Waals surface area contributed by atoms with Crippen molar-refractivity contribution in [2.45, 2.75) is 38.8 Å². The Bertz CT molecular complexity index is 677. The molecule has 0 spiro atoms. The molecule has 118 valence electrons. The molecule has 0 saturated carbocycles. The molecule has 1 aliphatic carbocycles. The first-order valence-electron chi connectivity index (χ1n) is 7.53. The van der Waals surface area contributed by atoms with Gasteiger partial charge in [-0.1, -0.05) is 18.5 Å². The van der Waals surface area contributed by atoms with Crippen LogP contribution in [0.4, 0.5) is 0 Å². The zero-order valence-electron chi connectivity index (χ0n) is 12.8. The quantitative estimate of drug-likeness (QED) is 0.938. The van der Waals surface area contributed by atoms with Crippen LogP contribution < -0.4 is 5.32 Å². The first kappa shape index (κ1) is 15.1. The van der Waals surface area contributed by atoms with E-state index in [1.54, 1.807) is 17.1 Å². The Balaban J connectivity index is 1.64. The number of aryl methyl sites for hydroxylation is 1. The van der Waals surface area contributed by atoms with Crippen molar-refractivity contribution in [3.63, 3.8) is 0 Å². The average Bonchev–Trinajstić information content (AvgIpc) is 3.06. The van der Waals surface area contributed by atoms with E-state index < -0.39 is 0 Å². The second-order valence-corrected chi connectivity index (χ2v) is 6.34. The van der Waals surface area contributed by atoms with Crippen molar-refractivity contribution in [3.8, 4) is 0 Å². The molecular formula is C15H20ClN5O. The van der Waals surface area contributed by atoms with Gasteiger partial charge in [0.05, 0.1) is 35.9 Å². The number of nitrogens with one attached hydrogen (secondary N) is 1. The third-order valence-corrected chi connectivity index (χ3v) is 4.40. The molecule has 0 unspecified atom stereocenters. The summed E-state index contributed by atoms with van der Waals surface area (Å²) in [6, 6.07) is 0.0635. The van der Waals surface area contributed by atoms with E-state index in [4.69, 9.17) is 11.6 Å². The minimum Gasteiger partial charge on any atom is -0.349 e. The van der Waals surface area contributed by atoms with Crippen LogP contribution in [-0.4, -0.2) is 25.5 Å². The van der Waals surface area contributed by atoms with E-state index in [0.717, 1.165) is 24.8 Å². The second-order valence-electron chi connectivity index (χ2n) is 5.91. The van der Waals surface area contributed by atoms with Crippen LogP contribution in [0.25, 0.3) is 0 Å². The number of hydrogen-bond donors (Lipinski definition) is 1. The van der Waals surface area contributed by atoms with Gasteiger partial charge in [-0.05, 0) is 19.3 Å². The van der Waals surface area contributed by atoms with Crippen LogP contribution in [0.5, 0.6) is 0 Å². The lowest BCUT2D eigenvalue weighted by Crippen LogP contribution is -2.36. The monoisotopic (exact) mass is 321 g/mol. The van der Waals surface area contributed by atoms with Gasteiger partial charge in [0.15, 0.2) is 0 Å². The highest BCUT2D eigenvalue weighted by molar-refractivity contribution is 6.30. The normalized spacial score (nSPS) is 18.8. The fourth-order valence-corrected chi connectivity index (χ4v) is 3.13. The Kier molecular flexibility index (Phi) is 4.20. The topological polar surface area (TPSA) is 64.7 Å². The summed E-state index contributed by atoms with van der Waals surface area (Å²) in [6.07, 6.45) is 8.24. The molecule has 1 amide bonds. The Hall–Kier alpha value is -1.82. The largest absolute Gasteiger partial charge is 0.349 e. The van der Waals surface area contributed by atoms with E-state index >= 15 is 0 Å². The summed E-state index contributed by atoms with van der Waals surface area (Å²) in [5.41, 5.74) is 2.37. The van der Waals surface area contributed by atoms with Crippen molar-refractivity contribution in [3.05, 3.63) is 34.9 Å². The molecule has 0 fully saturated rings. The average molecular weight is 322 g/mol. The fourth-order valence-electron chi connectivity index (χ4n) is 2.97. The lowest BCUT2D eigenvalue weighted by Gasteiger charge is -2.25. The van der Waals surface area contributed by atoms with Gasteiger partial charge >= 0.3 is 0 Å². The highest BCUT2D eigenvalue weighted by Gasteiger charge is 2.26. The molecule has 22 heavy (non-hydrogen) atoms. The molecule has 2 atom stereocenters. The molecule has 1 N–H and O–H groups in total. The number of carbonyl (C=O) groups excluding carboxylic acids is 1. The Labute approximate surface area is 134 Å². The molecule has 3 rings (SSSR count). The van der Waals surface area contributed by atoms with Crippen LogP contribution in [0.1, 0.15) is 37.1 Å². The van der Waals surface area contributed by atoms with Gasteiger partial charge in [-0.2, -0.15) is 10.2 Å². The van der Waals surface area contributed by atoms with Gasteiger partial charge in [0.25, 0.3) is 0 Å². The molecule has 2 aromatic rings. The number of halogens is 1. The van der Waals surface area contributed by atoms with Crippen LogP contribution in [0.15, 0.2) is 18.6 Å². The first-order valence-corrected chi connectivity index (χ1v) is 7.91. The predicted molar refractivity (Wildman–Crippen MR) is 83.4 cm³/mol. The molecule has 0 aromatic carbocycles. The van der Waals surface area contributed by atoms with E-state index in [1.165, 1.54) is 5.69 Å². The molecule has 2 heterocycles. The SMILES string of the molecule is C[C@@H](Cn1cc(Cl)cn1)C(=O)N[C@@H]1CCCc2c1cnn2C. The van der Waals surface area contributed by atoms with Crippen LogP contribution >= 0.6 is 11.6 Å². The van der Waals surface area contributed by atoms with Crippen LogP contribution in [0, 0.1) is 5.92 Å². The number of hydrogen-bond acceptors (Lipinski definition) is 3. The minimum absolute atomic E-state index is 0.0355. The Morgan fingerprint density at radius 1 is 1.50 bits per heavy atom. The van der Waals surface area contributed by atoms with Gasteiger partial charge < -0.3 is 5.32 Å². The van der Waals surface area contributed by atoms with Gasteiger partial charge in [0, 0.05) is 24.5 Å². The molecule has 0 bridgehead atoms. The Morgan fingerprint density at radius 3 is 3.05 bits per heavy atom. The molecular weight excluding hydrogens is 302 g/mol. The van der Waals surface area contributed by atoms with Gasteiger partial charge in [0.2, 0.25) is 5.91 Å². The summed E-state index contributed by atoms with van der Waals surface area (Å²) in [7, 11) is 1.95. The van der Waals surface area contributed by atoms with E-state index in [2.05, 4.69) is 15.5 Å². The maximum atomic E-state index is 12.4. The summed E-state index contributed by atoms with van der Waals surface area (Å²) in [4.78, 5) is 12.4. The number of nitrogens with zero attached hydrogens (tertiary/aromatic N) is 4. The summed E-state index contributed by atoms with van der Waals surface area (Å²) < 4.78 is 3.60. The van der Waals surface area contributed by atoms with Crippen molar-refractivity contribution < 1.29 is 4.79 Å². The highest BCUT2D eigenvalue weighted by atomic mass is 35.5. The summed E-state index contributed by atoms with van der Waals surface area (Å²) >= 11 is 5.84. The fraction of sp³-hybridized carbons (Fsp3) is 0.533. The van der Waals surface area contributed by atoms with E-state index in [1.807, 2.05) is 24.9 Å². The van der Waals surface area contributed by atoms with Crippen molar-refractivity contribution in [2.75, 3.05) is 0 Å². The highest BCUT2D eigenvalue weighted by Crippen LogP contribution is 2.29. The van der Waals surface area contributed by atoms with Gasteiger partial charge in [-0.25, -0.2) is 0 Å². The van der Waals surface area contributed by atoms with Gasteiger partial charge in [0.1, 0.15) is 0 Å². The maximum absolute atomic E-state index is 12.4. The first-order chi connectivity index (χ1) is 10.5. The third kappa shape index (κ3) is 3.02. The van der Waals surface area contributed by atoms with Crippen LogP contribution in [-0.2, 0) is 24.8 Å². The van der Waals surface area contributed by atoms with Gasteiger partial charge in [-0.15, -0.1) is 0 Å². The van der Waals surface area contributed by atoms with Gasteiger partial charge in [-0.3, -0.25) is 14.2 Å². The number of amides is 1. The third-order valence-electron chi connectivity index (χ3n) is 4.20.